The Labute approximate surface area is 106 Å². The first kappa shape index (κ1) is 13.9. The van der Waals surface area contributed by atoms with Crippen LogP contribution in [-0.4, -0.2) is 14.5 Å². The Kier molecular flexibility index (Phi) is 5.89. The van der Waals surface area contributed by atoms with Crippen LogP contribution in [0.2, 0.25) is 0 Å². The summed E-state index contributed by atoms with van der Waals surface area (Å²) in [6.45, 7) is 8.86. The number of rotatable bonds is 7. The van der Waals surface area contributed by atoms with Crippen molar-refractivity contribution < 1.29 is 4.74 Å². The standard InChI is InChI=1S/C15H23BO/c1-4-6-7-8-14-11-13(9-10-15(14)16)12(3)17-5-2/h9-11H,3-8,16H2,1-2H3. The van der Waals surface area contributed by atoms with Crippen LogP contribution in [0, 0.1) is 0 Å². The normalized spacial score (nSPS) is 10.2. The lowest BCUT2D eigenvalue weighted by molar-refractivity contribution is 0.299. The smallest absolute Gasteiger partial charge is 0.139 e. The van der Waals surface area contributed by atoms with E-state index < -0.39 is 0 Å². The predicted octanol–water partition coefficient (Wildman–Crippen LogP) is 2.68. The lowest BCUT2D eigenvalue weighted by Gasteiger charge is -2.11. The highest BCUT2D eigenvalue weighted by Crippen LogP contribution is 2.15. The fraction of sp³-hybridized carbons (Fsp3) is 0.467. The molecule has 2 heteroatoms. The Bertz CT molecular complexity index is 371. The minimum absolute atomic E-state index is 0.678. The Hall–Kier alpha value is -1.18. The number of aryl methyl sites for hydroxylation is 1. The summed E-state index contributed by atoms with van der Waals surface area (Å²) in [5.41, 5.74) is 3.91. The van der Waals surface area contributed by atoms with E-state index in [9.17, 15) is 0 Å². The maximum atomic E-state index is 5.45. The van der Waals surface area contributed by atoms with E-state index in [1.807, 2.05) is 6.92 Å². The zero-order chi connectivity index (χ0) is 12.7. The molecule has 0 aliphatic carbocycles. The van der Waals surface area contributed by atoms with Crippen LogP contribution in [0.15, 0.2) is 24.8 Å². The summed E-state index contributed by atoms with van der Waals surface area (Å²) >= 11 is 0. The fourth-order valence-electron chi connectivity index (χ4n) is 1.94. The van der Waals surface area contributed by atoms with E-state index in [-0.39, 0.29) is 0 Å². The molecule has 0 aromatic heterocycles. The SMILES string of the molecule is Bc1ccc(C(=C)OCC)cc1CCCCC. The number of hydrogen-bond acceptors (Lipinski definition) is 1. The van der Waals surface area contributed by atoms with Gasteiger partial charge in [-0.1, -0.05) is 49.5 Å². The molecule has 1 aromatic rings. The van der Waals surface area contributed by atoms with Crippen LogP contribution in [-0.2, 0) is 11.2 Å². The molecule has 0 aliphatic rings. The Morgan fingerprint density at radius 1 is 1.29 bits per heavy atom. The molecule has 0 amide bonds. The summed E-state index contributed by atoms with van der Waals surface area (Å²) in [4.78, 5) is 0. The van der Waals surface area contributed by atoms with E-state index in [1.54, 1.807) is 0 Å². The molecular weight excluding hydrogens is 207 g/mol. The van der Waals surface area contributed by atoms with Crippen LogP contribution >= 0.6 is 0 Å². The molecule has 0 N–H and O–H groups in total. The van der Waals surface area contributed by atoms with Gasteiger partial charge in [-0.2, -0.15) is 0 Å². The Morgan fingerprint density at radius 2 is 2.06 bits per heavy atom. The van der Waals surface area contributed by atoms with Gasteiger partial charge in [0.15, 0.2) is 0 Å². The molecule has 0 saturated heterocycles. The lowest BCUT2D eigenvalue weighted by Crippen LogP contribution is -2.11. The molecule has 0 bridgehead atoms. The summed E-state index contributed by atoms with van der Waals surface area (Å²) in [6.07, 6.45) is 5.00. The van der Waals surface area contributed by atoms with Gasteiger partial charge in [0.2, 0.25) is 0 Å². The third-order valence-electron chi connectivity index (χ3n) is 3.04. The van der Waals surface area contributed by atoms with Crippen LogP contribution in [0.3, 0.4) is 0 Å². The average molecular weight is 230 g/mol. The number of hydrogen-bond donors (Lipinski definition) is 0. The van der Waals surface area contributed by atoms with Gasteiger partial charge in [-0.3, -0.25) is 0 Å². The van der Waals surface area contributed by atoms with Crippen molar-refractivity contribution in [3.63, 3.8) is 0 Å². The first-order valence-corrected chi connectivity index (χ1v) is 6.60. The van der Waals surface area contributed by atoms with Gasteiger partial charge in [0, 0.05) is 5.56 Å². The van der Waals surface area contributed by atoms with Crippen molar-refractivity contribution in [2.24, 2.45) is 0 Å². The molecule has 0 spiro atoms. The fourth-order valence-corrected chi connectivity index (χ4v) is 1.94. The largest absolute Gasteiger partial charge is 0.494 e. The predicted molar refractivity (Wildman–Crippen MR) is 78.5 cm³/mol. The second kappa shape index (κ2) is 7.21. The number of unbranched alkanes of at least 4 members (excludes halogenated alkanes) is 2. The maximum absolute atomic E-state index is 5.45. The number of benzene rings is 1. The van der Waals surface area contributed by atoms with Crippen LogP contribution in [0.4, 0.5) is 0 Å². The van der Waals surface area contributed by atoms with Gasteiger partial charge in [0.05, 0.1) is 6.61 Å². The molecule has 0 aliphatic heterocycles. The van der Waals surface area contributed by atoms with Gasteiger partial charge in [-0.05, 0) is 25.8 Å². The van der Waals surface area contributed by atoms with Crippen molar-refractivity contribution in [2.45, 2.75) is 39.5 Å². The number of ether oxygens (including phenoxy) is 1. The van der Waals surface area contributed by atoms with E-state index in [4.69, 9.17) is 4.74 Å². The quantitative estimate of drug-likeness (QED) is 0.397. The maximum Gasteiger partial charge on any atom is 0.139 e. The molecule has 0 fully saturated rings. The summed E-state index contributed by atoms with van der Waals surface area (Å²) in [6, 6.07) is 6.49. The lowest BCUT2D eigenvalue weighted by atomic mass is 9.86. The third kappa shape index (κ3) is 4.30. The van der Waals surface area contributed by atoms with Crippen molar-refractivity contribution in [1.29, 1.82) is 0 Å². The van der Waals surface area contributed by atoms with Crippen LogP contribution < -0.4 is 5.46 Å². The molecule has 1 aromatic carbocycles. The van der Waals surface area contributed by atoms with Gasteiger partial charge in [-0.15, -0.1) is 0 Å². The minimum Gasteiger partial charge on any atom is -0.494 e. The molecule has 0 radical (unpaired) electrons. The van der Waals surface area contributed by atoms with E-state index >= 15 is 0 Å². The van der Waals surface area contributed by atoms with E-state index in [1.165, 1.54) is 30.3 Å². The molecule has 0 unspecified atom stereocenters. The zero-order valence-corrected chi connectivity index (χ0v) is 11.4. The third-order valence-corrected chi connectivity index (χ3v) is 3.04. The first-order valence-electron chi connectivity index (χ1n) is 6.60. The summed E-state index contributed by atoms with van der Waals surface area (Å²) in [5, 5.41) is 0. The van der Waals surface area contributed by atoms with Gasteiger partial charge in [0.1, 0.15) is 13.6 Å². The van der Waals surface area contributed by atoms with Crippen molar-refractivity contribution in [3.05, 3.63) is 35.9 Å². The molecular formula is C15H23BO. The molecule has 0 saturated carbocycles. The van der Waals surface area contributed by atoms with Gasteiger partial charge in [-0.25, -0.2) is 0 Å². The van der Waals surface area contributed by atoms with Crippen molar-refractivity contribution >= 4 is 19.1 Å². The van der Waals surface area contributed by atoms with Crippen LogP contribution in [0.1, 0.15) is 44.2 Å². The first-order chi connectivity index (χ1) is 8.19. The van der Waals surface area contributed by atoms with Gasteiger partial charge < -0.3 is 4.74 Å². The van der Waals surface area contributed by atoms with E-state index in [2.05, 4.69) is 39.5 Å². The Morgan fingerprint density at radius 3 is 2.71 bits per heavy atom. The van der Waals surface area contributed by atoms with Gasteiger partial charge >= 0.3 is 0 Å². The topological polar surface area (TPSA) is 9.23 Å². The molecule has 17 heavy (non-hydrogen) atoms. The Balaban J connectivity index is 2.75. The second-order valence-electron chi connectivity index (χ2n) is 4.45. The highest BCUT2D eigenvalue weighted by Gasteiger charge is 2.03. The molecule has 0 atom stereocenters. The minimum atomic E-state index is 0.678. The summed E-state index contributed by atoms with van der Waals surface area (Å²) in [5.74, 6) is 0.782. The molecule has 0 heterocycles. The molecule has 1 rings (SSSR count). The van der Waals surface area contributed by atoms with Crippen LogP contribution in [0.5, 0.6) is 0 Å². The highest BCUT2D eigenvalue weighted by molar-refractivity contribution is 6.33. The van der Waals surface area contributed by atoms with E-state index in [0.29, 0.717) is 6.61 Å². The molecule has 1 nitrogen and oxygen atoms in total. The van der Waals surface area contributed by atoms with Crippen LogP contribution in [0.25, 0.3) is 5.76 Å². The summed E-state index contributed by atoms with van der Waals surface area (Å²) < 4.78 is 5.45. The highest BCUT2D eigenvalue weighted by atomic mass is 16.5. The van der Waals surface area contributed by atoms with Gasteiger partial charge in [0.25, 0.3) is 0 Å². The summed E-state index contributed by atoms with van der Waals surface area (Å²) in [7, 11) is 2.18. The van der Waals surface area contributed by atoms with Crippen molar-refractivity contribution in [3.8, 4) is 0 Å². The molecule has 92 valence electrons. The van der Waals surface area contributed by atoms with E-state index in [0.717, 1.165) is 17.7 Å². The monoisotopic (exact) mass is 230 g/mol. The van der Waals surface area contributed by atoms with Crippen molar-refractivity contribution in [2.75, 3.05) is 6.61 Å². The zero-order valence-electron chi connectivity index (χ0n) is 11.4. The average Bonchev–Trinajstić information content (AvgIpc) is 2.32. The second-order valence-corrected chi connectivity index (χ2v) is 4.45. The van der Waals surface area contributed by atoms with Crippen molar-refractivity contribution in [1.82, 2.24) is 0 Å².